The lowest BCUT2D eigenvalue weighted by molar-refractivity contribution is -0.144. The van der Waals surface area contributed by atoms with Crippen molar-refractivity contribution in [3.05, 3.63) is 64.6 Å². The van der Waals surface area contributed by atoms with E-state index < -0.39 is 17.7 Å². The van der Waals surface area contributed by atoms with Gasteiger partial charge in [-0.05, 0) is 55.9 Å². The lowest BCUT2D eigenvalue weighted by Crippen LogP contribution is -2.40. The van der Waals surface area contributed by atoms with E-state index in [9.17, 15) is 19.5 Å². The zero-order valence-corrected chi connectivity index (χ0v) is 24.4. The van der Waals surface area contributed by atoms with Crippen molar-refractivity contribution >= 4 is 46.0 Å². The van der Waals surface area contributed by atoms with Crippen LogP contribution in [0.3, 0.4) is 0 Å². The fourth-order valence-corrected chi connectivity index (χ4v) is 6.26. The zero-order chi connectivity index (χ0) is 30.0. The van der Waals surface area contributed by atoms with Crippen LogP contribution in [-0.4, -0.2) is 70.9 Å². The van der Waals surface area contributed by atoms with Gasteiger partial charge in [0.1, 0.15) is 5.82 Å². The van der Waals surface area contributed by atoms with Crippen molar-refractivity contribution in [2.24, 2.45) is 13.0 Å². The highest BCUT2D eigenvalue weighted by atomic mass is 35.5. The first-order valence-corrected chi connectivity index (χ1v) is 14.5. The number of methoxy groups -OCH3 is 1. The van der Waals surface area contributed by atoms with E-state index in [1.807, 2.05) is 35.9 Å². The van der Waals surface area contributed by atoms with Crippen LogP contribution in [0.2, 0.25) is 5.02 Å². The van der Waals surface area contributed by atoms with Gasteiger partial charge in [-0.1, -0.05) is 29.8 Å². The number of carbonyl (C=O) groups is 3. The number of rotatable bonds is 9. The van der Waals surface area contributed by atoms with E-state index in [0.29, 0.717) is 50.8 Å². The van der Waals surface area contributed by atoms with E-state index in [0.717, 1.165) is 17.0 Å². The van der Waals surface area contributed by atoms with Crippen molar-refractivity contribution in [1.29, 1.82) is 0 Å². The second-order valence-corrected chi connectivity index (χ2v) is 11.6. The van der Waals surface area contributed by atoms with Gasteiger partial charge in [-0.25, -0.2) is 4.39 Å². The number of para-hydroxylation sites is 1. The van der Waals surface area contributed by atoms with Gasteiger partial charge in [-0.3, -0.25) is 14.4 Å². The fourth-order valence-electron chi connectivity index (χ4n) is 6.03. The fraction of sp³-hybridized carbons (Fsp3) is 0.452. The van der Waals surface area contributed by atoms with Gasteiger partial charge in [0.2, 0.25) is 5.91 Å². The third kappa shape index (κ3) is 6.45. The molecule has 2 heterocycles. The number of ether oxygens (including phenoxy) is 2. The average Bonchev–Trinajstić information content (AvgIpc) is 3.56. The summed E-state index contributed by atoms with van der Waals surface area (Å²) >= 11 is 6.45. The number of benzene rings is 2. The maximum absolute atomic E-state index is 15.2. The van der Waals surface area contributed by atoms with Crippen LogP contribution in [0, 0.1) is 11.7 Å². The number of amides is 2. The quantitative estimate of drug-likeness (QED) is 0.357. The van der Waals surface area contributed by atoms with Gasteiger partial charge in [-0.15, -0.1) is 0 Å². The Hall–Kier alpha value is -3.47. The number of nitrogens with zero attached hydrogens (tertiary/aromatic N) is 2. The van der Waals surface area contributed by atoms with Crippen molar-refractivity contribution in [3.63, 3.8) is 0 Å². The minimum atomic E-state index is -0.767. The summed E-state index contributed by atoms with van der Waals surface area (Å²) in [6, 6.07) is 9.76. The highest BCUT2D eigenvalue weighted by Gasteiger charge is 2.37. The standard InChI is InChI=1S/C31H35ClFN3O6/c1-35-16-24(23-5-3-4-6-28(23)35)30(38)34-27-14-26(33)19(11-25(27)32)12-29(37)36-15-22(41-2)13-20(36)17-42-21-9-7-18(8-10-21)31(39)40/h3-6,11,14,16,18,20-22H,7-10,12-13,15,17H2,1-2H3,(H,34,38)(H,39,40)/t18-,20-,21-,22-/m0/s1. The van der Waals surface area contributed by atoms with Crippen molar-refractivity contribution in [2.45, 2.75) is 56.8 Å². The molecule has 1 saturated heterocycles. The van der Waals surface area contributed by atoms with Crippen LogP contribution in [0.1, 0.15) is 48.0 Å². The number of likely N-dealkylation sites (tertiary alicyclic amines) is 1. The molecule has 42 heavy (non-hydrogen) atoms. The summed E-state index contributed by atoms with van der Waals surface area (Å²) in [5.41, 5.74) is 1.57. The van der Waals surface area contributed by atoms with Gasteiger partial charge in [-0.2, -0.15) is 0 Å². The molecule has 1 aliphatic carbocycles. The van der Waals surface area contributed by atoms with Gasteiger partial charge >= 0.3 is 5.97 Å². The van der Waals surface area contributed by atoms with Crippen molar-refractivity contribution in [2.75, 3.05) is 25.6 Å². The van der Waals surface area contributed by atoms with Crippen LogP contribution in [-0.2, 0) is 32.5 Å². The van der Waals surface area contributed by atoms with Gasteiger partial charge in [0.05, 0.1) is 53.5 Å². The van der Waals surface area contributed by atoms with Crippen LogP contribution in [0.25, 0.3) is 10.9 Å². The number of carbonyl (C=O) groups excluding carboxylic acids is 2. The molecule has 1 saturated carbocycles. The van der Waals surface area contributed by atoms with Gasteiger partial charge < -0.3 is 29.4 Å². The third-order valence-corrected chi connectivity index (χ3v) is 8.76. The van der Waals surface area contributed by atoms with E-state index in [1.165, 1.54) is 6.07 Å². The normalized spacial score (nSPS) is 22.4. The Morgan fingerprint density at radius 3 is 2.57 bits per heavy atom. The molecule has 0 bridgehead atoms. The first kappa shape index (κ1) is 30.0. The molecule has 11 heteroatoms. The smallest absolute Gasteiger partial charge is 0.306 e. The Labute approximate surface area is 248 Å². The van der Waals surface area contributed by atoms with E-state index in [-0.39, 0.29) is 52.8 Å². The van der Waals surface area contributed by atoms with Crippen molar-refractivity contribution in [3.8, 4) is 0 Å². The second kappa shape index (κ2) is 12.8. The molecule has 2 fully saturated rings. The minimum Gasteiger partial charge on any atom is -0.481 e. The number of halogens is 2. The van der Waals surface area contributed by atoms with E-state index >= 15 is 4.39 Å². The number of carboxylic acids is 1. The molecule has 2 amide bonds. The molecule has 0 unspecified atom stereocenters. The predicted molar refractivity (Wildman–Crippen MR) is 156 cm³/mol. The Morgan fingerprint density at radius 2 is 1.86 bits per heavy atom. The number of fused-ring (bicyclic) bond motifs is 1. The summed E-state index contributed by atoms with van der Waals surface area (Å²) in [5, 5.41) is 12.8. The van der Waals surface area contributed by atoms with Gasteiger partial charge in [0.25, 0.3) is 5.91 Å². The molecule has 224 valence electrons. The molecular formula is C31H35ClFN3O6. The minimum absolute atomic E-state index is 0.0490. The summed E-state index contributed by atoms with van der Waals surface area (Å²) in [6.45, 7) is 0.667. The van der Waals surface area contributed by atoms with Crippen molar-refractivity contribution in [1.82, 2.24) is 9.47 Å². The van der Waals surface area contributed by atoms with Crippen LogP contribution >= 0.6 is 11.6 Å². The maximum Gasteiger partial charge on any atom is 0.306 e. The molecule has 1 aromatic heterocycles. The maximum atomic E-state index is 15.2. The molecule has 1 aliphatic heterocycles. The largest absolute Gasteiger partial charge is 0.481 e. The monoisotopic (exact) mass is 599 g/mol. The van der Waals surface area contributed by atoms with Crippen LogP contribution in [0.15, 0.2) is 42.6 Å². The average molecular weight is 600 g/mol. The number of aryl methyl sites for hydroxylation is 1. The summed E-state index contributed by atoms with van der Waals surface area (Å²) in [5.74, 6) is -2.44. The number of aliphatic carboxylic acids is 1. The molecule has 9 nitrogen and oxygen atoms in total. The summed E-state index contributed by atoms with van der Waals surface area (Å²) in [7, 11) is 3.43. The molecule has 2 N–H and O–H groups in total. The Kier molecular flexibility index (Phi) is 9.15. The molecular weight excluding hydrogens is 565 g/mol. The van der Waals surface area contributed by atoms with Gasteiger partial charge in [0.15, 0.2) is 0 Å². The Bertz CT molecular complexity index is 1480. The molecule has 2 atom stereocenters. The Morgan fingerprint density at radius 1 is 1.12 bits per heavy atom. The lowest BCUT2D eigenvalue weighted by atomic mass is 9.87. The number of anilines is 1. The number of hydrogen-bond acceptors (Lipinski definition) is 5. The number of nitrogens with one attached hydrogen (secondary N) is 1. The lowest BCUT2D eigenvalue weighted by Gasteiger charge is -2.30. The van der Waals surface area contributed by atoms with E-state index in [1.54, 1.807) is 18.2 Å². The number of carboxylic acid groups (broad SMARTS) is 1. The molecule has 2 aromatic carbocycles. The van der Waals surface area contributed by atoms with Crippen LogP contribution in [0.5, 0.6) is 0 Å². The van der Waals surface area contributed by atoms with Crippen LogP contribution in [0.4, 0.5) is 10.1 Å². The summed E-state index contributed by atoms with van der Waals surface area (Å²) in [4.78, 5) is 39.3. The molecule has 0 spiro atoms. The SMILES string of the molecule is CO[C@H]1C[C@@H](CO[C@H]2CC[C@H](C(=O)O)CC2)N(C(=O)Cc2cc(Cl)c(NC(=O)c3cn(C)c4ccccc34)cc2F)C1. The third-order valence-electron chi connectivity index (χ3n) is 8.45. The second-order valence-electron chi connectivity index (χ2n) is 11.2. The summed E-state index contributed by atoms with van der Waals surface area (Å²) < 4.78 is 28.7. The first-order chi connectivity index (χ1) is 20.1. The predicted octanol–water partition coefficient (Wildman–Crippen LogP) is 5.04. The van der Waals surface area contributed by atoms with E-state index in [2.05, 4.69) is 5.32 Å². The highest BCUT2D eigenvalue weighted by Crippen LogP contribution is 2.31. The molecule has 0 radical (unpaired) electrons. The Balaban J connectivity index is 1.23. The first-order valence-electron chi connectivity index (χ1n) is 14.1. The number of hydrogen-bond donors (Lipinski definition) is 2. The van der Waals surface area contributed by atoms with E-state index in [4.69, 9.17) is 21.1 Å². The number of aromatic nitrogens is 1. The van der Waals surface area contributed by atoms with Gasteiger partial charge in [0, 0.05) is 37.8 Å². The zero-order valence-electron chi connectivity index (χ0n) is 23.6. The summed E-state index contributed by atoms with van der Waals surface area (Å²) in [6.07, 6.45) is 4.37. The molecule has 5 rings (SSSR count). The molecule has 2 aliphatic rings. The molecule has 3 aromatic rings. The van der Waals surface area contributed by atoms with Crippen LogP contribution < -0.4 is 5.32 Å². The highest BCUT2D eigenvalue weighted by molar-refractivity contribution is 6.34. The van der Waals surface area contributed by atoms with Crippen molar-refractivity contribution < 1.29 is 33.4 Å². The topological polar surface area (TPSA) is 110 Å².